The largest absolute Gasteiger partial charge is 0.497 e. The van der Waals surface area contributed by atoms with E-state index in [1.54, 1.807) is 36.4 Å². The molecule has 1 saturated heterocycles. The standard InChI is InChI=1S/C32H33F3N4O5S2/c1-42-24-8-5-22(29(16-24)43-2)18-39(32-36-19-37-45-32)46(40,41)25-9-10-26-27(12-14-44-30(26)17-25)38-13-11-21(31(34)35)15-28(38)20-3-6-23(33)7-4-20/h3-10,16-17,19,21,27-28,31H,11-15,18H2,1-2H3/t21-,27?,28+/m1/s1. The van der Waals surface area contributed by atoms with Gasteiger partial charge >= 0.3 is 0 Å². The van der Waals surface area contributed by atoms with Crippen molar-refractivity contribution >= 4 is 26.7 Å². The molecule has 1 fully saturated rings. The van der Waals surface area contributed by atoms with Gasteiger partial charge in [0, 0.05) is 59.2 Å². The highest BCUT2D eigenvalue weighted by Crippen LogP contribution is 2.46. The Labute approximate surface area is 269 Å². The van der Waals surface area contributed by atoms with E-state index < -0.39 is 28.2 Å². The minimum absolute atomic E-state index is 0.000992. The van der Waals surface area contributed by atoms with E-state index in [1.807, 2.05) is 0 Å². The molecule has 1 unspecified atom stereocenters. The number of hydrogen-bond acceptors (Lipinski definition) is 9. The Morgan fingerprint density at radius 3 is 2.54 bits per heavy atom. The molecule has 14 heteroatoms. The molecule has 0 saturated carbocycles. The highest BCUT2D eigenvalue weighted by atomic mass is 32.2. The van der Waals surface area contributed by atoms with Crippen molar-refractivity contribution in [3.63, 3.8) is 0 Å². The second-order valence-corrected chi connectivity index (χ2v) is 13.8. The molecule has 0 spiro atoms. The topological polar surface area (TPSA) is 94.1 Å². The number of alkyl halides is 2. The van der Waals surface area contributed by atoms with E-state index >= 15 is 0 Å². The summed E-state index contributed by atoms with van der Waals surface area (Å²) in [7, 11) is -1.14. The summed E-state index contributed by atoms with van der Waals surface area (Å²) >= 11 is 0.947. The third-order valence-electron chi connectivity index (χ3n) is 8.65. The first kappa shape index (κ1) is 32.1. The van der Waals surface area contributed by atoms with Crippen LogP contribution in [-0.4, -0.2) is 56.5 Å². The molecule has 0 amide bonds. The van der Waals surface area contributed by atoms with Gasteiger partial charge in [-0.15, -0.1) is 0 Å². The predicted molar refractivity (Wildman–Crippen MR) is 167 cm³/mol. The summed E-state index contributed by atoms with van der Waals surface area (Å²) < 4.78 is 91.9. The van der Waals surface area contributed by atoms with Crippen molar-refractivity contribution in [3.05, 3.63) is 89.5 Å². The zero-order valence-electron chi connectivity index (χ0n) is 25.2. The highest BCUT2D eigenvalue weighted by molar-refractivity contribution is 7.93. The molecule has 0 aliphatic carbocycles. The van der Waals surface area contributed by atoms with Gasteiger partial charge in [-0.25, -0.2) is 30.9 Å². The monoisotopic (exact) mass is 674 g/mol. The van der Waals surface area contributed by atoms with Gasteiger partial charge in [-0.2, -0.15) is 4.37 Å². The number of aromatic nitrogens is 2. The summed E-state index contributed by atoms with van der Waals surface area (Å²) in [5, 5.41) is 0.179. The van der Waals surface area contributed by atoms with Crippen molar-refractivity contribution in [1.82, 2.24) is 14.3 Å². The van der Waals surface area contributed by atoms with Gasteiger partial charge in [0.25, 0.3) is 10.0 Å². The van der Waals surface area contributed by atoms with Crippen molar-refractivity contribution in [2.24, 2.45) is 5.92 Å². The van der Waals surface area contributed by atoms with Crippen LogP contribution < -0.4 is 18.5 Å². The van der Waals surface area contributed by atoms with Crippen molar-refractivity contribution in [2.75, 3.05) is 31.7 Å². The Morgan fingerprint density at radius 1 is 1.04 bits per heavy atom. The molecule has 4 aromatic rings. The maximum Gasteiger partial charge on any atom is 0.266 e. The molecule has 2 aliphatic rings. The maximum absolute atomic E-state index is 14.2. The summed E-state index contributed by atoms with van der Waals surface area (Å²) in [5.74, 6) is 0.258. The Morgan fingerprint density at radius 2 is 1.85 bits per heavy atom. The Hall–Kier alpha value is -3.88. The minimum Gasteiger partial charge on any atom is -0.497 e. The molecular weight excluding hydrogens is 642 g/mol. The fourth-order valence-electron chi connectivity index (χ4n) is 6.28. The Bertz CT molecular complexity index is 1760. The first-order valence-corrected chi connectivity index (χ1v) is 17.0. The van der Waals surface area contributed by atoms with Crippen molar-refractivity contribution in [1.29, 1.82) is 0 Å². The average Bonchev–Trinajstić information content (AvgIpc) is 3.61. The third kappa shape index (κ3) is 6.38. The Balaban J connectivity index is 1.33. The number of anilines is 1. The van der Waals surface area contributed by atoms with E-state index in [2.05, 4.69) is 14.3 Å². The van der Waals surface area contributed by atoms with E-state index in [-0.39, 0.29) is 35.1 Å². The molecule has 3 heterocycles. The zero-order chi connectivity index (χ0) is 32.4. The predicted octanol–water partition coefficient (Wildman–Crippen LogP) is 6.63. The van der Waals surface area contributed by atoms with Gasteiger partial charge in [0.2, 0.25) is 11.6 Å². The zero-order valence-corrected chi connectivity index (χ0v) is 26.8. The highest BCUT2D eigenvalue weighted by Gasteiger charge is 2.40. The molecule has 0 bridgehead atoms. The number of likely N-dealkylation sites (tertiary alicyclic amines) is 1. The van der Waals surface area contributed by atoms with Crippen LogP contribution in [0.1, 0.15) is 48.0 Å². The van der Waals surface area contributed by atoms with Crippen LogP contribution in [0.25, 0.3) is 0 Å². The van der Waals surface area contributed by atoms with Gasteiger partial charge in [0.15, 0.2) is 0 Å². The fraction of sp³-hybridized carbons (Fsp3) is 0.375. The summed E-state index contributed by atoms with van der Waals surface area (Å²) in [6, 6.07) is 15.3. The second-order valence-electron chi connectivity index (χ2n) is 11.2. The summed E-state index contributed by atoms with van der Waals surface area (Å²) in [5.41, 5.74) is 2.13. The van der Waals surface area contributed by atoms with Crippen LogP contribution in [0.4, 0.5) is 18.3 Å². The number of halogens is 3. The first-order valence-electron chi connectivity index (χ1n) is 14.8. The van der Waals surface area contributed by atoms with Crippen LogP contribution >= 0.6 is 11.5 Å². The lowest BCUT2D eigenvalue weighted by molar-refractivity contribution is -0.0134. The average molecular weight is 675 g/mol. The summed E-state index contributed by atoms with van der Waals surface area (Å²) in [6.45, 7) is 0.647. The molecule has 2 aliphatic heterocycles. The molecule has 46 heavy (non-hydrogen) atoms. The van der Waals surface area contributed by atoms with Crippen LogP contribution in [0.5, 0.6) is 17.2 Å². The molecule has 1 aromatic heterocycles. The van der Waals surface area contributed by atoms with Gasteiger partial charge < -0.3 is 14.2 Å². The summed E-state index contributed by atoms with van der Waals surface area (Å²) in [4.78, 5) is 6.36. The molecule has 6 rings (SSSR count). The number of methoxy groups -OCH3 is 2. The number of ether oxygens (including phenoxy) is 3. The van der Waals surface area contributed by atoms with Crippen molar-refractivity contribution < 1.29 is 35.8 Å². The first-order chi connectivity index (χ1) is 22.2. The number of rotatable bonds is 10. The molecular formula is C32H33F3N4O5S2. The van der Waals surface area contributed by atoms with Crippen LogP contribution in [0, 0.1) is 11.7 Å². The Kier molecular flexibility index (Phi) is 9.39. The van der Waals surface area contributed by atoms with Crippen molar-refractivity contribution in [2.45, 2.75) is 49.2 Å². The molecule has 3 atom stereocenters. The molecule has 244 valence electrons. The molecule has 3 aromatic carbocycles. The van der Waals surface area contributed by atoms with Gasteiger partial charge in [0.1, 0.15) is 29.4 Å². The van der Waals surface area contributed by atoms with Gasteiger partial charge in [0.05, 0.1) is 32.3 Å². The van der Waals surface area contributed by atoms with Gasteiger partial charge in [-0.1, -0.05) is 18.2 Å². The molecule has 0 N–H and O–H groups in total. The lowest BCUT2D eigenvalue weighted by Gasteiger charge is -2.45. The number of nitrogens with zero attached hydrogens (tertiary/aromatic N) is 4. The van der Waals surface area contributed by atoms with Crippen LogP contribution in [-0.2, 0) is 16.6 Å². The van der Waals surface area contributed by atoms with Gasteiger partial charge in [-0.3, -0.25) is 4.90 Å². The third-order valence-corrected chi connectivity index (χ3v) is 11.2. The van der Waals surface area contributed by atoms with Gasteiger partial charge in [-0.05, 0) is 55.3 Å². The number of hydrogen-bond donors (Lipinski definition) is 0. The fourth-order valence-corrected chi connectivity index (χ4v) is 8.42. The number of fused-ring (bicyclic) bond motifs is 1. The van der Waals surface area contributed by atoms with E-state index in [0.29, 0.717) is 48.8 Å². The van der Waals surface area contributed by atoms with Crippen molar-refractivity contribution in [3.8, 4) is 17.2 Å². The number of benzene rings is 3. The SMILES string of the molecule is COc1ccc(CN(c2ncns2)S(=O)(=O)c2ccc3c(c2)OCCC3N2CC[C@@H](C(F)F)C[C@H]2c2ccc(F)cc2)c(OC)c1. The maximum atomic E-state index is 14.2. The van der Waals surface area contributed by atoms with E-state index in [0.717, 1.165) is 22.7 Å². The van der Waals surface area contributed by atoms with Crippen LogP contribution in [0.15, 0.2) is 71.9 Å². The molecule has 9 nitrogen and oxygen atoms in total. The number of piperidine rings is 1. The normalized spacial score (nSPS) is 20.2. The van der Waals surface area contributed by atoms with Crippen LogP contribution in [0.3, 0.4) is 0 Å². The second kappa shape index (κ2) is 13.5. The smallest absolute Gasteiger partial charge is 0.266 e. The van der Waals surface area contributed by atoms with E-state index in [9.17, 15) is 21.6 Å². The lowest BCUT2D eigenvalue weighted by atomic mass is 9.84. The summed E-state index contributed by atoms with van der Waals surface area (Å²) in [6.07, 6.45) is -0.0181. The number of sulfonamides is 1. The molecule has 0 radical (unpaired) electrons. The van der Waals surface area contributed by atoms with E-state index in [4.69, 9.17) is 14.2 Å². The minimum atomic E-state index is -4.17. The lowest BCUT2D eigenvalue weighted by Crippen LogP contribution is -2.42. The van der Waals surface area contributed by atoms with Crippen LogP contribution in [0.2, 0.25) is 0 Å². The quantitative estimate of drug-likeness (QED) is 0.185. The van der Waals surface area contributed by atoms with E-state index in [1.165, 1.54) is 49.1 Å².